The number of piperidine rings is 1. The molecule has 178 valence electrons. The minimum Gasteiger partial charge on any atom is -0.478 e. The fourth-order valence-electron chi connectivity index (χ4n) is 4.23. The summed E-state index contributed by atoms with van der Waals surface area (Å²) in [4.78, 5) is 12.6. The van der Waals surface area contributed by atoms with Gasteiger partial charge in [-0.05, 0) is 67.1 Å². The van der Waals surface area contributed by atoms with Crippen molar-refractivity contribution in [1.29, 1.82) is 0 Å². The van der Waals surface area contributed by atoms with Gasteiger partial charge in [-0.25, -0.2) is 22.0 Å². The predicted molar refractivity (Wildman–Crippen MR) is 126 cm³/mol. The maximum atomic E-state index is 14.2. The third kappa shape index (κ3) is 5.36. The Morgan fingerprint density at radius 1 is 1.00 bits per heavy atom. The summed E-state index contributed by atoms with van der Waals surface area (Å²) in [6.07, 6.45) is 2.70. The molecule has 2 N–H and O–H groups in total. The van der Waals surface area contributed by atoms with Crippen LogP contribution in [0.15, 0.2) is 71.6 Å². The molecular formula is C25H24F2N2O4S. The van der Waals surface area contributed by atoms with E-state index in [2.05, 4.69) is 16.9 Å². The van der Waals surface area contributed by atoms with Crippen molar-refractivity contribution in [2.75, 3.05) is 22.7 Å². The molecule has 0 atom stereocenters. The van der Waals surface area contributed by atoms with Crippen molar-refractivity contribution in [1.82, 2.24) is 0 Å². The molecule has 0 unspecified atom stereocenters. The fraction of sp³-hybridized carbons (Fsp3) is 0.240. The van der Waals surface area contributed by atoms with Crippen LogP contribution in [0, 0.1) is 17.6 Å². The van der Waals surface area contributed by atoms with Gasteiger partial charge < -0.3 is 10.0 Å². The van der Waals surface area contributed by atoms with Crippen LogP contribution in [0.1, 0.15) is 28.8 Å². The lowest BCUT2D eigenvalue weighted by Crippen LogP contribution is -2.35. The van der Waals surface area contributed by atoms with E-state index in [9.17, 15) is 27.1 Å². The molecule has 0 saturated carbocycles. The lowest BCUT2D eigenvalue weighted by Gasteiger charge is -2.35. The second-order valence-corrected chi connectivity index (χ2v) is 9.99. The monoisotopic (exact) mass is 486 g/mol. The fourth-order valence-corrected chi connectivity index (χ4v) is 5.39. The summed E-state index contributed by atoms with van der Waals surface area (Å²) in [5.41, 5.74) is 1.63. The lowest BCUT2D eigenvalue weighted by molar-refractivity contribution is 0.0697. The number of carboxylic acid groups (broad SMARTS) is 1. The van der Waals surface area contributed by atoms with Crippen molar-refractivity contribution >= 4 is 27.4 Å². The summed E-state index contributed by atoms with van der Waals surface area (Å²) < 4.78 is 55.8. The van der Waals surface area contributed by atoms with Gasteiger partial charge in [-0.15, -0.1) is 0 Å². The first-order valence-electron chi connectivity index (χ1n) is 10.9. The van der Waals surface area contributed by atoms with Crippen LogP contribution in [0.4, 0.5) is 20.2 Å². The number of sulfonamides is 1. The highest BCUT2D eigenvalue weighted by Gasteiger charge is 2.26. The SMILES string of the molecule is O=C(O)c1ccc(N2CCC(Cc3ccccc3)CC2)c(NS(=O)(=O)c2cc(F)ccc2F)c1. The van der Waals surface area contributed by atoms with E-state index in [-0.39, 0.29) is 11.3 Å². The summed E-state index contributed by atoms with van der Waals surface area (Å²) >= 11 is 0. The molecule has 6 nitrogen and oxygen atoms in total. The average Bonchev–Trinajstić information content (AvgIpc) is 2.81. The quantitative estimate of drug-likeness (QED) is 0.495. The number of hydrogen-bond donors (Lipinski definition) is 2. The molecule has 34 heavy (non-hydrogen) atoms. The van der Waals surface area contributed by atoms with Gasteiger partial charge in [0.2, 0.25) is 0 Å². The van der Waals surface area contributed by atoms with Crippen molar-refractivity contribution in [2.45, 2.75) is 24.2 Å². The van der Waals surface area contributed by atoms with Crippen molar-refractivity contribution in [2.24, 2.45) is 5.92 Å². The van der Waals surface area contributed by atoms with Gasteiger partial charge in [-0.3, -0.25) is 4.72 Å². The summed E-state index contributed by atoms with van der Waals surface area (Å²) in [5.74, 6) is -2.77. The minimum atomic E-state index is -4.51. The number of nitrogens with one attached hydrogen (secondary N) is 1. The van der Waals surface area contributed by atoms with Gasteiger partial charge in [0.15, 0.2) is 0 Å². The third-order valence-corrected chi connectivity index (χ3v) is 7.37. The number of carbonyl (C=O) groups is 1. The average molecular weight is 487 g/mol. The number of anilines is 2. The largest absolute Gasteiger partial charge is 0.478 e. The van der Waals surface area contributed by atoms with Crippen LogP contribution in [0.25, 0.3) is 0 Å². The Hall–Kier alpha value is -3.46. The van der Waals surface area contributed by atoms with E-state index >= 15 is 0 Å². The minimum absolute atomic E-state index is 0.00469. The van der Waals surface area contributed by atoms with E-state index < -0.39 is 32.5 Å². The molecular weight excluding hydrogens is 462 g/mol. The number of aromatic carboxylic acids is 1. The van der Waals surface area contributed by atoms with E-state index in [0.717, 1.165) is 31.4 Å². The first-order valence-corrected chi connectivity index (χ1v) is 12.4. The predicted octanol–water partition coefficient (Wildman–Crippen LogP) is 4.92. The van der Waals surface area contributed by atoms with Crippen molar-refractivity contribution in [3.63, 3.8) is 0 Å². The van der Waals surface area contributed by atoms with Gasteiger partial charge in [0.25, 0.3) is 10.0 Å². The van der Waals surface area contributed by atoms with E-state index in [4.69, 9.17) is 0 Å². The van der Waals surface area contributed by atoms with Crippen LogP contribution in [-0.2, 0) is 16.4 Å². The summed E-state index contributed by atoms with van der Waals surface area (Å²) in [7, 11) is -4.51. The van der Waals surface area contributed by atoms with Crippen LogP contribution in [0.2, 0.25) is 0 Å². The van der Waals surface area contributed by atoms with Crippen LogP contribution in [-0.4, -0.2) is 32.6 Å². The number of carboxylic acids is 1. The Balaban J connectivity index is 1.58. The lowest BCUT2D eigenvalue weighted by atomic mass is 9.90. The molecule has 0 bridgehead atoms. The topological polar surface area (TPSA) is 86.7 Å². The molecule has 9 heteroatoms. The second-order valence-electron chi connectivity index (χ2n) is 8.34. The van der Waals surface area contributed by atoms with Crippen LogP contribution in [0.3, 0.4) is 0 Å². The Morgan fingerprint density at radius 3 is 2.38 bits per heavy atom. The van der Waals surface area contributed by atoms with Gasteiger partial charge in [0.1, 0.15) is 16.5 Å². The number of halogens is 2. The van der Waals surface area contributed by atoms with Crippen LogP contribution < -0.4 is 9.62 Å². The summed E-state index contributed by atoms with van der Waals surface area (Å²) in [6.45, 7) is 1.29. The van der Waals surface area contributed by atoms with Crippen molar-refractivity contribution < 1.29 is 27.1 Å². The molecule has 0 aliphatic carbocycles. The summed E-state index contributed by atoms with van der Waals surface area (Å²) in [5, 5.41) is 9.38. The Morgan fingerprint density at radius 2 is 1.71 bits per heavy atom. The molecule has 0 spiro atoms. The molecule has 3 aromatic rings. The van der Waals surface area contributed by atoms with E-state index in [1.165, 1.54) is 17.7 Å². The molecule has 1 fully saturated rings. The molecule has 1 aliphatic rings. The van der Waals surface area contributed by atoms with Gasteiger partial charge in [0.05, 0.1) is 16.9 Å². The zero-order valence-electron chi connectivity index (χ0n) is 18.2. The van der Waals surface area contributed by atoms with Crippen LogP contribution >= 0.6 is 0 Å². The molecule has 0 radical (unpaired) electrons. The van der Waals surface area contributed by atoms with Gasteiger partial charge in [-0.2, -0.15) is 0 Å². The van der Waals surface area contributed by atoms with Gasteiger partial charge in [-0.1, -0.05) is 30.3 Å². The Bertz CT molecular complexity index is 1290. The smallest absolute Gasteiger partial charge is 0.335 e. The first-order chi connectivity index (χ1) is 16.2. The maximum Gasteiger partial charge on any atom is 0.335 e. The van der Waals surface area contributed by atoms with Crippen molar-refractivity contribution in [3.05, 3.63) is 89.5 Å². The number of benzene rings is 3. The van der Waals surface area contributed by atoms with E-state index in [1.54, 1.807) is 6.07 Å². The highest BCUT2D eigenvalue weighted by Crippen LogP contribution is 2.33. The standard InChI is InChI=1S/C25H24F2N2O4S/c26-20-7-8-21(27)24(16-20)34(32,33)28-22-15-19(25(30)31)6-9-23(22)29-12-10-18(11-13-29)14-17-4-2-1-3-5-17/h1-9,15-16,18,28H,10-14H2,(H,30,31). The highest BCUT2D eigenvalue weighted by molar-refractivity contribution is 7.92. The van der Waals surface area contributed by atoms with Gasteiger partial charge >= 0.3 is 5.97 Å². The number of nitrogens with zero attached hydrogens (tertiary/aromatic N) is 1. The number of hydrogen-bond acceptors (Lipinski definition) is 4. The van der Waals surface area contributed by atoms with Gasteiger partial charge in [0, 0.05) is 13.1 Å². The summed E-state index contributed by atoms with van der Waals surface area (Å²) in [6, 6.07) is 16.5. The highest BCUT2D eigenvalue weighted by atomic mass is 32.2. The van der Waals surface area contributed by atoms with E-state index in [1.807, 2.05) is 23.1 Å². The molecule has 0 aromatic heterocycles. The molecule has 1 aliphatic heterocycles. The molecule has 4 rings (SSSR count). The molecule has 1 heterocycles. The zero-order chi connectivity index (χ0) is 24.3. The molecule has 0 amide bonds. The Labute approximate surface area is 196 Å². The van der Waals surface area contributed by atoms with E-state index in [0.29, 0.717) is 30.8 Å². The van der Waals surface area contributed by atoms with Crippen LogP contribution in [0.5, 0.6) is 0 Å². The van der Waals surface area contributed by atoms with Crippen molar-refractivity contribution in [3.8, 4) is 0 Å². The third-order valence-electron chi connectivity index (χ3n) is 5.99. The Kier molecular flexibility index (Phi) is 6.83. The zero-order valence-corrected chi connectivity index (χ0v) is 19.1. The molecule has 3 aromatic carbocycles. The molecule has 1 saturated heterocycles. The first kappa shape index (κ1) is 23.7. The second kappa shape index (κ2) is 9.80. The maximum absolute atomic E-state index is 14.2. The number of rotatable bonds is 7. The normalized spacial score (nSPS) is 14.7.